The van der Waals surface area contributed by atoms with Gasteiger partial charge in [0.1, 0.15) is 11.5 Å². The zero-order valence-corrected chi connectivity index (χ0v) is 32.2. The number of benzene rings is 3. The molecule has 0 N–H and O–H groups in total. The largest absolute Gasteiger partial charge is 0.333 e. The average molecular weight is 730 g/mol. The summed E-state index contributed by atoms with van der Waals surface area (Å²) >= 11 is 7.68. The van der Waals surface area contributed by atoms with Crippen LogP contribution in [0.3, 0.4) is 0 Å². The van der Waals surface area contributed by atoms with Gasteiger partial charge in [-0.25, -0.2) is 14.2 Å². The van der Waals surface area contributed by atoms with Crippen molar-refractivity contribution in [3.8, 4) is 22.5 Å². The Kier molecular flexibility index (Phi) is 11.0. The van der Waals surface area contributed by atoms with Crippen molar-refractivity contribution < 1.29 is 0 Å². The molecule has 0 atom stereocenters. The first kappa shape index (κ1) is 36.7. The van der Waals surface area contributed by atoms with Gasteiger partial charge >= 0.3 is 0 Å². The highest BCUT2D eigenvalue weighted by Crippen LogP contribution is 2.47. The van der Waals surface area contributed by atoms with E-state index in [4.69, 9.17) is 16.7 Å². The lowest BCUT2D eigenvalue weighted by Crippen LogP contribution is -2.25. The molecule has 0 unspecified atom stereocenters. The van der Waals surface area contributed by atoms with E-state index in [2.05, 4.69) is 85.0 Å². The van der Waals surface area contributed by atoms with Gasteiger partial charge in [0.15, 0.2) is 0 Å². The highest BCUT2D eigenvalue weighted by molar-refractivity contribution is 8.03. The van der Waals surface area contributed by atoms with Crippen LogP contribution in [0.1, 0.15) is 59.5 Å². The zero-order chi connectivity index (χ0) is 37.1. The van der Waals surface area contributed by atoms with Crippen molar-refractivity contribution in [2.24, 2.45) is 0 Å². The molecule has 1 aliphatic rings. The molecular formula is C42H44ClN7OS. The van der Waals surface area contributed by atoms with E-state index in [1.54, 1.807) is 23.9 Å². The molecule has 0 spiro atoms. The van der Waals surface area contributed by atoms with Crippen molar-refractivity contribution in [3.63, 3.8) is 0 Å². The summed E-state index contributed by atoms with van der Waals surface area (Å²) in [6, 6.07) is 34.5. The van der Waals surface area contributed by atoms with E-state index < -0.39 is 0 Å². The Balaban J connectivity index is 0.000000146. The van der Waals surface area contributed by atoms with Crippen molar-refractivity contribution in [2.75, 3.05) is 4.90 Å². The summed E-state index contributed by atoms with van der Waals surface area (Å²) < 4.78 is 5.62. The summed E-state index contributed by atoms with van der Waals surface area (Å²) in [4.78, 5) is 20.0. The summed E-state index contributed by atoms with van der Waals surface area (Å²) in [6.07, 6.45) is 1.92. The van der Waals surface area contributed by atoms with Gasteiger partial charge in [-0.1, -0.05) is 78.5 Å². The van der Waals surface area contributed by atoms with Crippen LogP contribution in [0.4, 0.5) is 5.69 Å². The van der Waals surface area contributed by atoms with E-state index in [-0.39, 0.29) is 11.6 Å². The first-order valence-electron chi connectivity index (χ1n) is 17.5. The van der Waals surface area contributed by atoms with E-state index in [0.717, 1.165) is 49.4 Å². The molecule has 0 amide bonds. The molecule has 52 heavy (non-hydrogen) atoms. The Morgan fingerprint density at radius 1 is 0.750 bits per heavy atom. The van der Waals surface area contributed by atoms with Crippen molar-refractivity contribution in [1.29, 1.82) is 0 Å². The molecule has 1 aliphatic heterocycles. The number of aromatic nitrogens is 6. The SMILES string of the molecule is C=C1Sc2ccc(Cl)cc2N1C(C)C.CC(C)n1nc(-c2c(-c3ccccc3)nn3ccccc23)ccc1=O.Cc1nc2ccccc2n1C(C)C. The first-order valence-corrected chi connectivity index (χ1v) is 18.7. The van der Waals surface area contributed by atoms with Crippen molar-refractivity contribution >= 4 is 45.6 Å². The Hall–Kier alpha value is -5.12. The molecular weight excluding hydrogens is 686 g/mol. The van der Waals surface area contributed by atoms with Gasteiger partial charge in [0.2, 0.25) is 0 Å². The number of para-hydroxylation sites is 2. The maximum atomic E-state index is 12.1. The Labute approximate surface area is 314 Å². The zero-order valence-electron chi connectivity index (χ0n) is 30.7. The fourth-order valence-corrected chi connectivity index (χ4v) is 7.66. The second kappa shape index (κ2) is 15.6. The molecule has 266 valence electrons. The van der Waals surface area contributed by atoms with Gasteiger partial charge in [-0.2, -0.15) is 10.2 Å². The number of hydrogen-bond acceptors (Lipinski definition) is 6. The fraction of sp³-hybridized carbons (Fsp3) is 0.238. The van der Waals surface area contributed by atoms with Gasteiger partial charge in [0, 0.05) is 39.8 Å². The Morgan fingerprint density at radius 2 is 1.44 bits per heavy atom. The molecule has 8 nitrogen and oxygen atoms in total. The standard InChI is InChI=1S/C20H18N4O.C11H12ClNS.C11H14N2/c1-14(2)24-18(25)12-11-16(21-24)19-17-10-6-7-13-23(17)22-20(19)15-8-4-3-5-9-15;1-7(2)13-8(3)14-11-5-4-9(12)6-10(11)13;1-8(2)13-9(3)12-10-6-4-5-7-11(10)13/h3-14H,1-2H3;4-7H,3H2,1-2H3;4-8H,1-3H3. The predicted molar refractivity (Wildman–Crippen MR) is 217 cm³/mol. The third kappa shape index (κ3) is 7.56. The number of fused-ring (bicyclic) bond motifs is 3. The van der Waals surface area contributed by atoms with E-state index in [0.29, 0.717) is 12.1 Å². The number of anilines is 1. The number of halogens is 1. The number of hydrogen-bond donors (Lipinski definition) is 0. The molecule has 0 aliphatic carbocycles. The summed E-state index contributed by atoms with van der Waals surface area (Å²) in [5.74, 6) is 1.09. The summed E-state index contributed by atoms with van der Waals surface area (Å²) in [5, 5.41) is 11.2. The van der Waals surface area contributed by atoms with E-state index in [1.807, 2.05) is 91.3 Å². The number of nitrogens with zero attached hydrogens (tertiary/aromatic N) is 7. The van der Waals surface area contributed by atoms with Gasteiger partial charge in [0.25, 0.3) is 5.56 Å². The second-order valence-electron chi connectivity index (χ2n) is 13.4. The number of imidazole rings is 1. The van der Waals surface area contributed by atoms with Crippen LogP contribution >= 0.6 is 23.4 Å². The number of aryl methyl sites for hydroxylation is 1. The third-order valence-electron chi connectivity index (χ3n) is 8.64. The Bertz CT molecular complexity index is 2410. The lowest BCUT2D eigenvalue weighted by molar-refractivity contribution is 0.505. The van der Waals surface area contributed by atoms with Gasteiger partial charge in [-0.3, -0.25) is 4.79 Å². The molecule has 0 fully saturated rings. The molecule has 10 heteroatoms. The van der Waals surface area contributed by atoms with Crippen molar-refractivity contribution in [3.05, 3.63) is 142 Å². The molecule has 5 heterocycles. The molecule has 0 bridgehead atoms. The monoisotopic (exact) mass is 729 g/mol. The molecule has 7 aromatic rings. The lowest BCUT2D eigenvalue weighted by Gasteiger charge is -2.24. The molecule has 0 saturated heterocycles. The van der Waals surface area contributed by atoms with Crippen LogP contribution in [-0.2, 0) is 0 Å². The smallest absolute Gasteiger partial charge is 0.267 e. The first-order chi connectivity index (χ1) is 24.9. The van der Waals surface area contributed by atoms with Gasteiger partial charge in [-0.15, -0.1) is 0 Å². The second-order valence-corrected chi connectivity index (χ2v) is 14.9. The van der Waals surface area contributed by atoms with Gasteiger partial charge in [-0.05, 0) is 97.0 Å². The van der Waals surface area contributed by atoms with Crippen LogP contribution in [0, 0.1) is 6.92 Å². The quantitative estimate of drug-likeness (QED) is 0.176. The van der Waals surface area contributed by atoms with E-state index in [9.17, 15) is 4.79 Å². The number of rotatable bonds is 5. The fourth-order valence-electron chi connectivity index (χ4n) is 6.44. The Morgan fingerprint density at radius 3 is 2.15 bits per heavy atom. The van der Waals surface area contributed by atoms with Crippen LogP contribution in [0.15, 0.2) is 131 Å². The molecule has 8 rings (SSSR count). The van der Waals surface area contributed by atoms with Crippen LogP contribution in [0.5, 0.6) is 0 Å². The minimum atomic E-state index is -0.100. The highest BCUT2D eigenvalue weighted by Gasteiger charge is 2.25. The minimum Gasteiger partial charge on any atom is -0.333 e. The number of thioether (sulfide) groups is 1. The molecule has 3 aromatic carbocycles. The highest BCUT2D eigenvalue weighted by atomic mass is 35.5. The van der Waals surface area contributed by atoms with Crippen molar-refractivity contribution in [1.82, 2.24) is 28.9 Å². The van der Waals surface area contributed by atoms with E-state index >= 15 is 0 Å². The van der Waals surface area contributed by atoms with Crippen LogP contribution in [-0.4, -0.2) is 35.0 Å². The molecule has 0 radical (unpaired) electrons. The van der Waals surface area contributed by atoms with Crippen LogP contribution < -0.4 is 10.5 Å². The topological polar surface area (TPSA) is 73.2 Å². The summed E-state index contributed by atoms with van der Waals surface area (Å²) in [5.41, 5.74) is 7.92. The third-order valence-corrected chi connectivity index (χ3v) is 9.87. The minimum absolute atomic E-state index is 0.00513. The number of pyridine rings is 1. The van der Waals surface area contributed by atoms with Crippen molar-refractivity contribution in [2.45, 2.75) is 71.5 Å². The maximum Gasteiger partial charge on any atom is 0.267 e. The van der Waals surface area contributed by atoms with Gasteiger partial charge in [0.05, 0.1) is 44.6 Å². The molecule has 0 saturated carbocycles. The maximum absolute atomic E-state index is 12.1. The van der Waals surface area contributed by atoms with E-state index in [1.165, 1.54) is 20.8 Å². The average Bonchev–Trinajstić information content (AvgIpc) is 3.78. The summed E-state index contributed by atoms with van der Waals surface area (Å²) in [7, 11) is 0. The normalized spacial score (nSPS) is 12.4. The van der Waals surface area contributed by atoms with Gasteiger partial charge < -0.3 is 9.47 Å². The molecule has 4 aromatic heterocycles. The lowest BCUT2D eigenvalue weighted by atomic mass is 10.0. The van der Waals surface area contributed by atoms with Crippen LogP contribution in [0.2, 0.25) is 5.02 Å². The predicted octanol–water partition coefficient (Wildman–Crippen LogP) is 10.9. The van der Waals surface area contributed by atoms with Crippen LogP contribution in [0.25, 0.3) is 39.1 Å². The summed E-state index contributed by atoms with van der Waals surface area (Å²) in [6.45, 7) is 18.7.